The number of nitrogens with one attached hydrogen (secondary N) is 1. The van der Waals surface area contributed by atoms with E-state index < -0.39 is 5.97 Å². The molecule has 1 atom stereocenters. The van der Waals surface area contributed by atoms with Crippen LogP contribution in [-0.2, 0) is 16.0 Å². The zero-order valence-corrected chi connectivity index (χ0v) is 11.7. The van der Waals surface area contributed by atoms with Gasteiger partial charge in [0.2, 0.25) is 5.91 Å². The van der Waals surface area contributed by atoms with E-state index in [1.807, 2.05) is 31.2 Å². The molecule has 1 aromatic carbocycles. The molecule has 0 aromatic heterocycles. The Kier molecular flexibility index (Phi) is 5.85. The first-order valence-electron chi connectivity index (χ1n) is 5.73. The number of benzene rings is 1. The normalized spacial score (nSPS) is 11.9. The van der Waals surface area contributed by atoms with Crippen LogP contribution in [0.4, 0.5) is 0 Å². The van der Waals surface area contributed by atoms with Crippen molar-refractivity contribution in [3.05, 3.63) is 34.3 Å². The summed E-state index contributed by atoms with van der Waals surface area (Å²) in [6, 6.07) is 7.41. The molecule has 0 heterocycles. The van der Waals surface area contributed by atoms with E-state index in [-0.39, 0.29) is 18.4 Å². The molecular weight excluding hydrogens is 298 g/mol. The van der Waals surface area contributed by atoms with Crippen LogP contribution in [0.15, 0.2) is 28.7 Å². The fraction of sp³-hybridized carbons (Fsp3) is 0.385. The predicted molar refractivity (Wildman–Crippen MR) is 72.3 cm³/mol. The summed E-state index contributed by atoms with van der Waals surface area (Å²) in [5.41, 5.74) is 0.932. The van der Waals surface area contributed by atoms with Gasteiger partial charge in [-0.15, -0.1) is 0 Å². The van der Waals surface area contributed by atoms with Gasteiger partial charge < -0.3 is 10.4 Å². The molecule has 1 aromatic rings. The van der Waals surface area contributed by atoms with Crippen LogP contribution < -0.4 is 5.32 Å². The van der Waals surface area contributed by atoms with E-state index in [0.717, 1.165) is 10.0 Å². The number of amides is 1. The number of carboxylic acid groups (broad SMARTS) is 1. The summed E-state index contributed by atoms with van der Waals surface area (Å²) < 4.78 is 0.974. The van der Waals surface area contributed by atoms with Gasteiger partial charge in [-0.05, 0) is 31.0 Å². The van der Waals surface area contributed by atoms with Crippen LogP contribution in [0, 0.1) is 0 Å². The number of hydrogen-bond donors (Lipinski definition) is 2. The van der Waals surface area contributed by atoms with Gasteiger partial charge in [0, 0.05) is 16.9 Å². The molecule has 1 amide bonds. The molecule has 0 saturated heterocycles. The Morgan fingerprint density at radius 3 is 2.50 bits per heavy atom. The third-order valence-corrected chi connectivity index (χ3v) is 3.01. The van der Waals surface area contributed by atoms with Gasteiger partial charge in [0.25, 0.3) is 0 Å². The van der Waals surface area contributed by atoms with Crippen LogP contribution in [-0.4, -0.2) is 23.0 Å². The fourth-order valence-electron chi connectivity index (χ4n) is 1.53. The highest BCUT2D eigenvalue weighted by molar-refractivity contribution is 9.10. The molecule has 0 aliphatic rings. The lowest BCUT2D eigenvalue weighted by Crippen LogP contribution is -2.34. The van der Waals surface area contributed by atoms with E-state index in [0.29, 0.717) is 12.8 Å². The highest BCUT2D eigenvalue weighted by atomic mass is 79.9. The lowest BCUT2D eigenvalue weighted by molar-refractivity contribution is -0.137. The van der Waals surface area contributed by atoms with Gasteiger partial charge in [0.15, 0.2) is 0 Å². The summed E-state index contributed by atoms with van der Waals surface area (Å²) in [5, 5.41) is 11.3. The highest BCUT2D eigenvalue weighted by Gasteiger charge is 2.09. The smallest absolute Gasteiger partial charge is 0.303 e. The molecule has 4 nitrogen and oxygen atoms in total. The second kappa shape index (κ2) is 7.16. The van der Waals surface area contributed by atoms with Gasteiger partial charge in [-0.25, -0.2) is 0 Å². The van der Waals surface area contributed by atoms with Gasteiger partial charge in [-0.3, -0.25) is 9.59 Å². The fourth-order valence-corrected chi connectivity index (χ4v) is 1.79. The van der Waals surface area contributed by atoms with Crippen LogP contribution in [0.5, 0.6) is 0 Å². The first-order chi connectivity index (χ1) is 8.47. The molecule has 98 valence electrons. The molecule has 0 bridgehead atoms. The van der Waals surface area contributed by atoms with E-state index in [4.69, 9.17) is 5.11 Å². The average Bonchev–Trinajstić information content (AvgIpc) is 2.29. The minimum atomic E-state index is -0.844. The first kappa shape index (κ1) is 14.7. The maximum atomic E-state index is 11.7. The van der Waals surface area contributed by atoms with Gasteiger partial charge in [0.1, 0.15) is 0 Å². The molecule has 0 saturated carbocycles. The second-order valence-electron chi connectivity index (χ2n) is 4.20. The van der Waals surface area contributed by atoms with Gasteiger partial charge in [-0.1, -0.05) is 28.1 Å². The SMILES string of the molecule is CC(CCC(=O)O)NC(=O)Cc1ccc(Br)cc1. The van der Waals surface area contributed by atoms with Crippen LogP contribution in [0.2, 0.25) is 0 Å². The van der Waals surface area contributed by atoms with E-state index in [2.05, 4.69) is 21.2 Å². The van der Waals surface area contributed by atoms with Crippen molar-refractivity contribution in [1.29, 1.82) is 0 Å². The minimum absolute atomic E-state index is 0.0692. The number of halogens is 1. The third-order valence-electron chi connectivity index (χ3n) is 2.48. The molecule has 2 N–H and O–H groups in total. The summed E-state index contributed by atoms with van der Waals surface area (Å²) in [6.45, 7) is 1.81. The molecule has 0 radical (unpaired) electrons. The van der Waals surface area contributed by atoms with Gasteiger partial charge >= 0.3 is 5.97 Å². The Hall–Kier alpha value is -1.36. The predicted octanol–water partition coefficient (Wildman–Crippen LogP) is 2.36. The molecule has 0 aliphatic carbocycles. The van der Waals surface area contributed by atoms with Gasteiger partial charge in [-0.2, -0.15) is 0 Å². The Morgan fingerprint density at radius 1 is 1.33 bits per heavy atom. The van der Waals surface area contributed by atoms with Crippen molar-refractivity contribution in [3.8, 4) is 0 Å². The zero-order valence-electron chi connectivity index (χ0n) is 10.1. The minimum Gasteiger partial charge on any atom is -0.481 e. The van der Waals surface area contributed by atoms with Crippen molar-refractivity contribution >= 4 is 27.8 Å². The average molecular weight is 314 g/mol. The van der Waals surface area contributed by atoms with Crippen LogP contribution >= 0.6 is 15.9 Å². The summed E-state index contributed by atoms with van der Waals surface area (Å²) in [7, 11) is 0. The van der Waals surface area contributed by atoms with Crippen molar-refractivity contribution in [1.82, 2.24) is 5.32 Å². The van der Waals surface area contributed by atoms with E-state index >= 15 is 0 Å². The Bertz CT molecular complexity index is 417. The number of hydrogen-bond acceptors (Lipinski definition) is 2. The highest BCUT2D eigenvalue weighted by Crippen LogP contribution is 2.11. The summed E-state index contributed by atoms with van der Waals surface area (Å²) in [5.74, 6) is -0.931. The number of aliphatic carboxylic acids is 1. The Morgan fingerprint density at radius 2 is 1.94 bits per heavy atom. The Labute approximate surface area is 115 Å². The molecule has 5 heteroatoms. The lowest BCUT2D eigenvalue weighted by atomic mass is 10.1. The standard InChI is InChI=1S/C13H16BrNO3/c1-9(2-7-13(17)18)15-12(16)8-10-3-5-11(14)6-4-10/h3-6,9H,2,7-8H2,1H3,(H,15,16)(H,17,18). The largest absolute Gasteiger partial charge is 0.481 e. The van der Waals surface area contributed by atoms with E-state index in [9.17, 15) is 9.59 Å². The topological polar surface area (TPSA) is 66.4 Å². The molecule has 0 fully saturated rings. The molecular formula is C13H16BrNO3. The monoisotopic (exact) mass is 313 g/mol. The van der Waals surface area contributed by atoms with Crippen LogP contribution in [0.3, 0.4) is 0 Å². The molecule has 1 unspecified atom stereocenters. The molecule has 0 spiro atoms. The maximum Gasteiger partial charge on any atom is 0.303 e. The second-order valence-corrected chi connectivity index (χ2v) is 5.12. The van der Waals surface area contributed by atoms with Crippen molar-refractivity contribution < 1.29 is 14.7 Å². The number of carbonyl (C=O) groups excluding carboxylic acids is 1. The number of rotatable bonds is 6. The van der Waals surface area contributed by atoms with Crippen molar-refractivity contribution in [3.63, 3.8) is 0 Å². The Balaban J connectivity index is 2.37. The lowest BCUT2D eigenvalue weighted by Gasteiger charge is -2.12. The van der Waals surface area contributed by atoms with E-state index in [1.54, 1.807) is 0 Å². The molecule has 1 rings (SSSR count). The summed E-state index contributed by atoms with van der Waals surface area (Å²) >= 11 is 3.33. The van der Waals surface area contributed by atoms with Crippen molar-refractivity contribution in [2.75, 3.05) is 0 Å². The summed E-state index contributed by atoms with van der Waals surface area (Å²) in [4.78, 5) is 22.1. The molecule has 18 heavy (non-hydrogen) atoms. The van der Waals surface area contributed by atoms with E-state index in [1.165, 1.54) is 0 Å². The third kappa shape index (κ3) is 5.82. The maximum absolute atomic E-state index is 11.7. The first-order valence-corrected chi connectivity index (χ1v) is 6.52. The zero-order chi connectivity index (χ0) is 13.5. The quantitative estimate of drug-likeness (QED) is 0.847. The summed E-state index contributed by atoms with van der Waals surface area (Å²) in [6.07, 6.45) is 0.825. The number of carbonyl (C=O) groups is 2. The number of carboxylic acids is 1. The molecule has 0 aliphatic heterocycles. The van der Waals surface area contributed by atoms with Gasteiger partial charge in [0.05, 0.1) is 6.42 Å². The van der Waals surface area contributed by atoms with Crippen molar-refractivity contribution in [2.45, 2.75) is 32.2 Å². The van der Waals surface area contributed by atoms with Crippen LogP contribution in [0.25, 0.3) is 0 Å². The van der Waals surface area contributed by atoms with Crippen LogP contribution in [0.1, 0.15) is 25.3 Å². The van der Waals surface area contributed by atoms with Crippen molar-refractivity contribution in [2.24, 2.45) is 0 Å².